The summed E-state index contributed by atoms with van der Waals surface area (Å²) in [5.74, 6) is -0.0870. The third-order valence-corrected chi connectivity index (χ3v) is 3.21. The molecule has 5 heteroatoms. The summed E-state index contributed by atoms with van der Waals surface area (Å²) in [6.45, 7) is 3.97. The van der Waals surface area contributed by atoms with Crippen LogP contribution in [0.15, 0.2) is 27.1 Å². The van der Waals surface area contributed by atoms with Crippen LogP contribution in [0.4, 0.5) is 0 Å². The zero-order valence-corrected chi connectivity index (χ0v) is 13.5. The molecule has 0 unspecified atom stereocenters. The molecule has 1 amide bonds. The Bertz CT molecular complexity index is 376. The van der Waals surface area contributed by atoms with Gasteiger partial charge in [0.15, 0.2) is 0 Å². The van der Waals surface area contributed by atoms with Gasteiger partial charge in [-0.3, -0.25) is 4.79 Å². The fraction of sp³-hybridized carbons (Fsp3) is 0.462. The lowest BCUT2D eigenvalue weighted by molar-refractivity contribution is 0.0912. The SMILES string of the molecule is CCCCOCCNC(=O)c1cc(Br)cc(Br)c1. The Morgan fingerprint density at radius 1 is 1.22 bits per heavy atom. The Balaban J connectivity index is 2.32. The molecule has 0 aliphatic heterocycles. The number of ether oxygens (including phenoxy) is 1. The van der Waals surface area contributed by atoms with Crippen LogP contribution in [0.5, 0.6) is 0 Å². The van der Waals surface area contributed by atoms with Gasteiger partial charge in [0.1, 0.15) is 0 Å². The number of rotatable bonds is 7. The fourth-order valence-electron chi connectivity index (χ4n) is 1.37. The van der Waals surface area contributed by atoms with Gasteiger partial charge in [-0.05, 0) is 24.6 Å². The molecule has 18 heavy (non-hydrogen) atoms. The molecule has 100 valence electrons. The first-order valence-electron chi connectivity index (χ1n) is 5.95. The molecule has 0 saturated carbocycles. The Hall–Kier alpha value is -0.390. The van der Waals surface area contributed by atoms with E-state index in [9.17, 15) is 4.79 Å². The molecule has 1 N–H and O–H groups in total. The first kappa shape index (κ1) is 15.7. The second-order valence-corrected chi connectivity index (χ2v) is 5.71. The number of benzene rings is 1. The topological polar surface area (TPSA) is 38.3 Å². The molecular weight excluding hydrogens is 362 g/mol. The van der Waals surface area contributed by atoms with E-state index in [0.29, 0.717) is 18.7 Å². The normalized spacial score (nSPS) is 10.4. The van der Waals surface area contributed by atoms with Gasteiger partial charge in [0.2, 0.25) is 0 Å². The van der Waals surface area contributed by atoms with E-state index < -0.39 is 0 Å². The van der Waals surface area contributed by atoms with E-state index in [1.54, 1.807) is 12.1 Å². The van der Waals surface area contributed by atoms with Crippen LogP contribution < -0.4 is 5.32 Å². The Kier molecular flexibility index (Phi) is 7.54. The summed E-state index contributed by atoms with van der Waals surface area (Å²) in [7, 11) is 0. The molecule has 0 saturated heterocycles. The zero-order chi connectivity index (χ0) is 13.4. The number of carbonyl (C=O) groups is 1. The number of hydrogen-bond donors (Lipinski definition) is 1. The van der Waals surface area contributed by atoms with Gasteiger partial charge in [-0.2, -0.15) is 0 Å². The van der Waals surface area contributed by atoms with E-state index in [0.717, 1.165) is 28.4 Å². The first-order valence-corrected chi connectivity index (χ1v) is 7.54. The van der Waals surface area contributed by atoms with Crippen molar-refractivity contribution < 1.29 is 9.53 Å². The van der Waals surface area contributed by atoms with Crippen molar-refractivity contribution in [2.75, 3.05) is 19.8 Å². The lowest BCUT2D eigenvalue weighted by Crippen LogP contribution is -2.27. The predicted molar refractivity (Wildman–Crippen MR) is 79.9 cm³/mol. The van der Waals surface area contributed by atoms with Crippen molar-refractivity contribution in [2.45, 2.75) is 19.8 Å². The molecule has 0 atom stereocenters. The van der Waals surface area contributed by atoms with Crippen molar-refractivity contribution in [3.8, 4) is 0 Å². The largest absolute Gasteiger partial charge is 0.380 e. The Morgan fingerprint density at radius 3 is 2.50 bits per heavy atom. The van der Waals surface area contributed by atoms with Crippen LogP contribution >= 0.6 is 31.9 Å². The van der Waals surface area contributed by atoms with Crippen LogP contribution in [0.3, 0.4) is 0 Å². The fourth-order valence-corrected chi connectivity index (χ4v) is 2.67. The van der Waals surface area contributed by atoms with Crippen molar-refractivity contribution >= 4 is 37.8 Å². The monoisotopic (exact) mass is 377 g/mol. The summed E-state index contributed by atoms with van der Waals surface area (Å²) in [5.41, 5.74) is 0.629. The summed E-state index contributed by atoms with van der Waals surface area (Å²) in [4.78, 5) is 11.8. The van der Waals surface area contributed by atoms with Crippen LogP contribution in [-0.4, -0.2) is 25.7 Å². The number of nitrogens with one attached hydrogen (secondary N) is 1. The lowest BCUT2D eigenvalue weighted by atomic mass is 10.2. The highest BCUT2D eigenvalue weighted by molar-refractivity contribution is 9.11. The van der Waals surface area contributed by atoms with Crippen molar-refractivity contribution in [2.24, 2.45) is 0 Å². The highest BCUT2D eigenvalue weighted by Gasteiger charge is 2.06. The highest BCUT2D eigenvalue weighted by atomic mass is 79.9. The van der Waals surface area contributed by atoms with Crippen molar-refractivity contribution in [3.63, 3.8) is 0 Å². The van der Waals surface area contributed by atoms with Gasteiger partial charge in [0, 0.05) is 27.7 Å². The minimum Gasteiger partial charge on any atom is -0.380 e. The Morgan fingerprint density at radius 2 is 1.89 bits per heavy atom. The van der Waals surface area contributed by atoms with Gasteiger partial charge < -0.3 is 10.1 Å². The van der Waals surface area contributed by atoms with E-state index in [-0.39, 0.29) is 5.91 Å². The molecule has 0 fully saturated rings. The lowest BCUT2D eigenvalue weighted by Gasteiger charge is -2.07. The van der Waals surface area contributed by atoms with Gasteiger partial charge in [0.05, 0.1) is 6.61 Å². The molecule has 0 spiro atoms. The van der Waals surface area contributed by atoms with Crippen LogP contribution in [0.2, 0.25) is 0 Å². The maximum Gasteiger partial charge on any atom is 0.251 e. The number of unbranched alkanes of at least 4 members (excludes halogenated alkanes) is 1. The average molecular weight is 379 g/mol. The maximum absolute atomic E-state index is 11.8. The predicted octanol–water partition coefficient (Wildman–Crippen LogP) is 3.76. The third-order valence-electron chi connectivity index (χ3n) is 2.30. The van der Waals surface area contributed by atoms with Crippen molar-refractivity contribution in [3.05, 3.63) is 32.7 Å². The van der Waals surface area contributed by atoms with E-state index >= 15 is 0 Å². The van der Waals surface area contributed by atoms with Crippen LogP contribution in [0.25, 0.3) is 0 Å². The minimum absolute atomic E-state index is 0.0870. The summed E-state index contributed by atoms with van der Waals surface area (Å²) in [5, 5.41) is 2.82. The second kappa shape index (κ2) is 8.67. The molecule has 0 bridgehead atoms. The molecule has 0 radical (unpaired) electrons. The summed E-state index contributed by atoms with van der Waals surface area (Å²) in [6.07, 6.45) is 2.19. The van der Waals surface area contributed by atoms with Crippen LogP contribution in [0, 0.1) is 0 Å². The van der Waals surface area contributed by atoms with Crippen molar-refractivity contribution in [1.82, 2.24) is 5.32 Å². The zero-order valence-electron chi connectivity index (χ0n) is 10.3. The maximum atomic E-state index is 11.8. The molecule has 1 aromatic carbocycles. The Labute approximate surface area is 125 Å². The smallest absolute Gasteiger partial charge is 0.251 e. The molecule has 1 aromatic rings. The molecule has 0 aliphatic rings. The van der Waals surface area contributed by atoms with Crippen LogP contribution in [0.1, 0.15) is 30.1 Å². The van der Waals surface area contributed by atoms with E-state index in [4.69, 9.17) is 4.74 Å². The number of carbonyl (C=O) groups excluding carboxylic acids is 1. The van der Waals surface area contributed by atoms with E-state index in [2.05, 4.69) is 44.1 Å². The molecule has 0 aromatic heterocycles. The minimum atomic E-state index is -0.0870. The standard InChI is InChI=1S/C13H17Br2NO2/c1-2-3-5-18-6-4-16-13(17)10-7-11(14)9-12(15)8-10/h7-9H,2-6H2,1H3,(H,16,17). The molecule has 3 nitrogen and oxygen atoms in total. The third kappa shape index (κ3) is 5.98. The average Bonchev–Trinajstić information content (AvgIpc) is 2.32. The molecular formula is C13H17Br2NO2. The number of amides is 1. The van der Waals surface area contributed by atoms with Gasteiger partial charge >= 0.3 is 0 Å². The number of hydrogen-bond acceptors (Lipinski definition) is 2. The quantitative estimate of drug-likeness (QED) is 0.733. The second-order valence-electron chi connectivity index (χ2n) is 3.88. The van der Waals surface area contributed by atoms with Crippen molar-refractivity contribution in [1.29, 1.82) is 0 Å². The highest BCUT2D eigenvalue weighted by Crippen LogP contribution is 2.19. The first-order chi connectivity index (χ1) is 8.63. The molecule has 1 rings (SSSR count). The summed E-state index contributed by atoms with van der Waals surface area (Å²) >= 11 is 6.71. The van der Waals surface area contributed by atoms with Gasteiger partial charge in [-0.1, -0.05) is 45.2 Å². The summed E-state index contributed by atoms with van der Waals surface area (Å²) < 4.78 is 7.13. The molecule has 0 aliphatic carbocycles. The summed E-state index contributed by atoms with van der Waals surface area (Å²) in [6, 6.07) is 5.47. The van der Waals surface area contributed by atoms with Crippen LogP contribution in [-0.2, 0) is 4.74 Å². The van der Waals surface area contributed by atoms with Gasteiger partial charge in [-0.25, -0.2) is 0 Å². The number of halogens is 2. The molecule has 0 heterocycles. The van der Waals surface area contributed by atoms with Gasteiger partial charge in [-0.15, -0.1) is 0 Å². The van der Waals surface area contributed by atoms with E-state index in [1.807, 2.05) is 6.07 Å². The van der Waals surface area contributed by atoms with Gasteiger partial charge in [0.25, 0.3) is 5.91 Å². The van der Waals surface area contributed by atoms with E-state index in [1.165, 1.54) is 0 Å².